The van der Waals surface area contributed by atoms with Crippen LogP contribution in [0.4, 0.5) is 17.3 Å². The molecule has 0 bridgehead atoms. The van der Waals surface area contributed by atoms with Gasteiger partial charge < -0.3 is 10.6 Å². The van der Waals surface area contributed by atoms with Crippen LogP contribution in [0.2, 0.25) is 5.02 Å². The number of benzene rings is 2. The molecule has 3 heterocycles. The summed E-state index contributed by atoms with van der Waals surface area (Å²) in [6, 6.07) is 11.8. The average Bonchev–Trinajstić information content (AvgIpc) is 2.94. The molecule has 33 heavy (non-hydrogen) atoms. The Hall–Kier alpha value is -3.01. The number of halogens is 1. The van der Waals surface area contributed by atoms with E-state index in [1.54, 1.807) is 46.9 Å². The number of carbonyl (C=O) groups is 1. The molecular formula is C23H22ClN5O3S. The van der Waals surface area contributed by atoms with Gasteiger partial charge in [-0.1, -0.05) is 18.0 Å². The van der Waals surface area contributed by atoms with Crippen LogP contribution in [0.15, 0.2) is 53.6 Å². The lowest BCUT2D eigenvalue weighted by molar-refractivity contribution is -0.115. The molecule has 2 N–H and O–H groups in total. The number of fused-ring (bicyclic) bond motifs is 3. The summed E-state index contributed by atoms with van der Waals surface area (Å²) in [6.07, 6.45) is 4.64. The molecule has 0 radical (unpaired) electrons. The number of sulfonamides is 1. The number of aromatic nitrogens is 2. The lowest BCUT2D eigenvalue weighted by Crippen LogP contribution is -2.35. The van der Waals surface area contributed by atoms with E-state index in [0.29, 0.717) is 46.7 Å². The number of rotatable bonds is 4. The molecule has 1 amide bonds. The highest BCUT2D eigenvalue weighted by Gasteiger charge is 2.26. The minimum atomic E-state index is -3.49. The SMILES string of the molecule is O=C1Cc2cnc(Nc3ccc(S(=O)(=O)N4CCCCC4)cc3)nc2-c2ccc(Cl)cc2N1. The summed E-state index contributed by atoms with van der Waals surface area (Å²) in [5, 5.41) is 6.50. The zero-order valence-electron chi connectivity index (χ0n) is 17.7. The van der Waals surface area contributed by atoms with Gasteiger partial charge in [0.2, 0.25) is 21.9 Å². The van der Waals surface area contributed by atoms with E-state index in [0.717, 1.165) is 24.8 Å². The first-order valence-corrected chi connectivity index (χ1v) is 12.5. The smallest absolute Gasteiger partial charge is 0.243 e. The molecule has 2 aliphatic rings. The maximum absolute atomic E-state index is 12.9. The van der Waals surface area contributed by atoms with E-state index in [2.05, 4.69) is 20.6 Å². The van der Waals surface area contributed by atoms with Crippen molar-refractivity contribution in [2.24, 2.45) is 0 Å². The van der Waals surface area contributed by atoms with Crippen molar-refractivity contribution in [3.63, 3.8) is 0 Å². The Morgan fingerprint density at radius 1 is 1.03 bits per heavy atom. The van der Waals surface area contributed by atoms with Crippen LogP contribution in [-0.2, 0) is 21.2 Å². The number of nitrogens with zero attached hydrogens (tertiary/aromatic N) is 3. The minimum absolute atomic E-state index is 0.158. The third kappa shape index (κ3) is 4.44. The molecule has 1 aromatic heterocycles. The summed E-state index contributed by atoms with van der Waals surface area (Å²) < 4.78 is 27.3. The van der Waals surface area contributed by atoms with Crippen molar-refractivity contribution in [2.75, 3.05) is 23.7 Å². The fourth-order valence-corrected chi connectivity index (χ4v) is 5.81. The molecule has 0 aliphatic carbocycles. The number of piperidine rings is 1. The fourth-order valence-electron chi connectivity index (χ4n) is 4.12. The first-order valence-electron chi connectivity index (χ1n) is 10.7. The Balaban J connectivity index is 1.41. The van der Waals surface area contributed by atoms with Crippen LogP contribution < -0.4 is 10.6 Å². The zero-order valence-corrected chi connectivity index (χ0v) is 19.3. The standard InChI is InChI=1S/C23H22ClN5O3S/c24-16-4-9-19-20(13-16)27-21(30)12-15-14-25-23(28-22(15)19)26-17-5-7-18(8-6-17)33(31,32)29-10-2-1-3-11-29/h4-9,13-14H,1-3,10-12H2,(H,27,30)(H,25,26,28). The highest BCUT2D eigenvalue weighted by Crippen LogP contribution is 2.35. The van der Waals surface area contributed by atoms with E-state index in [1.165, 1.54) is 0 Å². The molecule has 10 heteroatoms. The summed E-state index contributed by atoms with van der Waals surface area (Å²) in [5.74, 6) is 0.183. The van der Waals surface area contributed by atoms with Gasteiger partial charge in [-0.2, -0.15) is 4.31 Å². The average molecular weight is 484 g/mol. The van der Waals surface area contributed by atoms with Crippen LogP contribution in [0.5, 0.6) is 0 Å². The zero-order chi connectivity index (χ0) is 23.0. The molecule has 170 valence electrons. The predicted octanol–water partition coefficient (Wildman–Crippen LogP) is 4.21. The number of hydrogen-bond acceptors (Lipinski definition) is 6. The van der Waals surface area contributed by atoms with Crippen molar-refractivity contribution in [1.29, 1.82) is 0 Å². The Labute approximate surface area is 197 Å². The molecule has 2 aromatic carbocycles. The maximum Gasteiger partial charge on any atom is 0.243 e. The highest BCUT2D eigenvalue weighted by atomic mass is 35.5. The van der Waals surface area contributed by atoms with Gasteiger partial charge in [-0.15, -0.1) is 0 Å². The Kier molecular flexibility index (Phi) is 5.77. The second-order valence-corrected chi connectivity index (χ2v) is 10.5. The molecule has 0 unspecified atom stereocenters. The summed E-state index contributed by atoms with van der Waals surface area (Å²) in [4.78, 5) is 21.5. The van der Waals surface area contributed by atoms with Crippen LogP contribution in [-0.4, -0.2) is 41.7 Å². The lowest BCUT2D eigenvalue weighted by Gasteiger charge is -2.25. The van der Waals surface area contributed by atoms with Crippen molar-refractivity contribution < 1.29 is 13.2 Å². The molecule has 0 spiro atoms. The number of hydrogen-bond donors (Lipinski definition) is 2. The number of anilines is 3. The quantitative estimate of drug-likeness (QED) is 0.576. The van der Waals surface area contributed by atoms with Gasteiger partial charge in [-0.25, -0.2) is 18.4 Å². The molecule has 8 nitrogen and oxygen atoms in total. The van der Waals surface area contributed by atoms with E-state index in [9.17, 15) is 13.2 Å². The van der Waals surface area contributed by atoms with E-state index in [1.807, 2.05) is 6.07 Å². The van der Waals surface area contributed by atoms with Crippen molar-refractivity contribution in [3.8, 4) is 11.3 Å². The molecule has 0 atom stereocenters. The topological polar surface area (TPSA) is 104 Å². The highest BCUT2D eigenvalue weighted by molar-refractivity contribution is 7.89. The number of amides is 1. The van der Waals surface area contributed by atoms with Gasteiger partial charge in [-0.05, 0) is 55.3 Å². The predicted molar refractivity (Wildman–Crippen MR) is 127 cm³/mol. The minimum Gasteiger partial charge on any atom is -0.325 e. The lowest BCUT2D eigenvalue weighted by atomic mass is 10.1. The summed E-state index contributed by atoms with van der Waals surface area (Å²) in [7, 11) is -3.49. The van der Waals surface area contributed by atoms with E-state index < -0.39 is 10.0 Å². The van der Waals surface area contributed by atoms with Gasteiger partial charge in [0.25, 0.3) is 0 Å². The van der Waals surface area contributed by atoms with Crippen molar-refractivity contribution >= 4 is 44.9 Å². The van der Waals surface area contributed by atoms with Crippen LogP contribution in [0, 0.1) is 0 Å². The second kappa shape index (κ2) is 8.74. The van der Waals surface area contributed by atoms with E-state index in [-0.39, 0.29) is 17.2 Å². The number of nitrogens with one attached hydrogen (secondary N) is 2. The summed E-state index contributed by atoms with van der Waals surface area (Å²) in [5.41, 5.74) is 3.37. The fraction of sp³-hybridized carbons (Fsp3) is 0.261. The first kappa shape index (κ1) is 21.8. The third-order valence-corrected chi connectivity index (χ3v) is 7.94. The van der Waals surface area contributed by atoms with E-state index in [4.69, 9.17) is 11.6 Å². The van der Waals surface area contributed by atoms with Crippen LogP contribution >= 0.6 is 11.6 Å². The van der Waals surface area contributed by atoms with Crippen molar-refractivity contribution in [2.45, 2.75) is 30.6 Å². The van der Waals surface area contributed by atoms with Gasteiger partial charge >= 0.3 is 0 Å². The summed E-state index contributed by atoms with van der Waals surface area (Å²) in [6.45, 7) is 1.13. The van der Waals surface area contributed by atoms with Gasteiger partial charge in [0.1, 0.15) is 0 Å². The van der Waals surface area contributed by atoms with Gasteiger partial charge in [0.05, 0.1) is 22.7 Å². The van der Waals surface area contributed by atoms with E-state index >= 15 is 0 Å². The molecule has 1 fully saturated rings. The number of carbonyl (C=O) groups excluding carboxylic acids is 1. The molecule has 5 rings (SSSR count). The normalized spacial score (nSPS) is 16.3. The molecular weight excluding hydrogens is 462 g/mol. The largest absolute Gasteiger partial charge is 0.325 e. The summed E-state index contributed by atoms with van der Waals surface area (Å²) >= 11 is 6.10. The Morgan fingerprint density at radius 3 is 2.55 bits per heavy atom. The van der Waals surface area contributed by atoms with Gasteiger partial charge in [0, 0.05) is 41.1 Å². The molecule has 1 saturated heterocycles. The van der Waals surface area contributed by atoms with Crippen LogP contribution in [0.25, 0.3) is 11.3 Å². The van der Waals surface area contributed by atoms with Crippen molar-refractivity contribution in [1.82, 2.24) is 14.3 Å². The first-order chi connectivity index (χ1) is 15.9. The van der Waals surface area contributed by atoms with Gasteiger partial charge in [0.15, 0.2) is 0 Å². The Morgan fingerprint density at radius 2 is 1.79 bits per heavy atom. The molecule has 3 aromatic rings. The second-order valence-electron chi connectivity index (χ2n) is 8.10. The monoisotopic (exact) mass is 483 g/mol. The third-order valence-electron chi connectivity index (χ3n) is 5.79. The molecule has 2 aliphatic heterocycles. The van der Waals surface area contributed by atoms with Crippen LogP contribution in [0.1, 0.15) is 24.8 Å². The van der Waals surface area contributed by atoms with Gasteiger partial charge in [-0.3, -0.25) is 4.79 Å². The maximum atomic E-state index is 12.9. The Bertz CT molecular complexity index is 1320. The van der Waals surface area contributed by atoms with Crippen LogP contribution in [0.3, 0.4) is 0 Å². The van der Waals surface area contributed by atoms with Crippen molar-refractivity contribution in [3.05, 3.63) is 59.2 Å². The molecule has 0 saturated carbocycles.